The molecule has 0 atom stereocenters. The van der Waals surface area contributed by atoms with Crippen molar-refractivity contribution < 1.29 is 4.94 Å². The third kappa shape index (κ3) is 2.21. The van der Waals surface area contributed by atoms with Gasteiger partial charge < -0.3 is 0 Å². The minimum absolute atomic E-state index is 0.201. The first-order valence-corrected chi connectivity index (χ1v) is 2.02. The Balaban J connectivity index is 3.81. The Bertz CT molecular complexity index is 132. The third-order valence-electron chi connectivity index (χ3n) is 0.575. The maximum Gasteiger partial charge on any atom is 0.277 e. The molecule has 0 heterocycles. The van der Waals surface area contributed by atoms with Gasteiger partial charge in [-0.15, -0.1) is 4.91 Å². The quantitative estimate of drug-likeness (QED) is 0.114. The fourth-order valence-corrected chi connectivity index (χ4v) is 0.188. The molecule has 0 aromatic carbocycles. The van der Waals surface area contributed by atoms with Crippen molar-refractivity contribution in [3.8, 4) is 0 Å². The summed E-state index contributed by atoms with van der Waals surface area (Å²) in [4.78, 5) is 13.1. The maximum atomic E-state index is 9.35. The fourth-order valence-electron chi connectivity index (χ4n) is 0.188. The van der Waals surface area contributed by atoms with E-state index in [0.717, 1.165) is 0 Å². The molecule has 0 amide bonds. The van der Waals surface area contributed by atoms with E-state index in [-0.39, 0.29) is 5.17 Å². The van der Waals surface area contributed by atoms with Crippen LogP contribution in [-0.4, -0.2) is 16.2 Å². The van der Waals surface area contributed by atoms with Gasteiger partial charge in [-0.1, -0.05) is 5.17 Å². The third-order valence-corrected chi connectivity index (χ3v) is 0.575. The van der Waals surface area contributed by atoms with Gasteiger partial charge in [0.25, 0.3) is 5.96 Å². The number of guanidine groups is 1. The lowest BCUT2D eigenvalue weighted by Crippen LogP contribution is -2.53. The van der Waals surface area contributed by atoms with Crippen molar-refractivity contribution in [1.82, 2.24) is 10.3 Å². The van der Waals surface area contributed by atoms with Crippen molar-refractivity contribution in [1.29, 1.82) is 5.41 Å². The summed E-state index contributed by atoms with van der Waals surface area (Å²) in [6.07, 6.45) is 0. The van der Waals surface area contributed by atoms with Crippen LogP contribution in [0.15, 0.2) is 5.34 Å². The zero-order chi connectivity index (χ0) is 8.15. The molecule has 0 bridgehead atoms. The molecular weight excluding hydrogens is 142 g/mol. The molecule has 0 aliphatic carbocycles. The Morgan fingerprint density at radius 1 is 1.50 bits per heavy atom. The van der Waals surface area contributed by atoms with Crippen LogP contribution in [0.25, 0.3) is 0 Å². The summed E-state index contributed by atoms with van der Waals surface area (Å²) in [5.41, 5.74) is 0. The van der Waals surface area contributed by atoms with Crippen LogP contribution in [-0.2, 0) is 4.94 Å². The summed E-state index contributed by atoms with van der Waals surface area (Å²) in [7, 11) is 0. The number of hydrogen-bond acceptors (Lipinski definition) is 7. The highest BCUT2D eigenvalue weighted by Gasteiger charge is 2.08. The molecule has 0 fully saturated rings. The van der Waals surface area contributed by atoms with Gasteiger partial charge in [-0.3, -0.25) is 5.41 Å². The van der Waals surface area contributed by atoms with Crippen LogP contribution in [0, 0.1) is 10.3 Å². The molecule has 0 radical (unpaired) electrons. The Morgan fingerprint density at radius 2 is 2.00 bits per heavy atom. The van der Waals surface area contributed by atoms with Gasteiger partial charge in [0.1, 0.15) is 0 Å². The zero-order valence-corrected chi connectivity index (χ0v) is 4.89. The number of rotatable bonds is 2. The van der Waals surface area contributed by atoms with E-state index in [1.807, 2.05) is 5.34 Å². The van der Waals surface area contributed by atoms with Gasteiger partial charge in [0.2, 0.25) is 0 Å². The van der Waals surface area contributed by atoms with E-state index in [1.165, 1.54) is 0 Å². The Hall–Kier alpha value is -1.45. The molecule has 7 N–H and O–H groups in total. The van der Waals surface area contributed by atoms with Crippen LogP contribution in [0.3, 0.4) is 0 Å². The van der Waals surface area contributed by atoms with E-state index in [0.29, 0.717) is 5.12 Å². The summed E-state index contributed by atoms with van der Waals surface area (Å²) in [5, 5.41) is 9.27. The average Bonchev–Trinajstić information content (AvgIpc) is 1.87. The smallest absolute Gasteiger partial charge is 0.263 e. The second-order valence-electron chi connectivity index (χ2n) is 1.21. The predicted molar refractivity (Wildman–Crippen MR) is 30.8 cm³/mol. The monoisotopic (exact) mass is 149 g/mol. The standard InChI is InChI=1S/CH7N7O2/c2-1(7(3)4)8(5)10-6-9/h2H,3-5H2. The van der Waals surface area contributed by atoms with E-state index in [1.54, 1.807) is 0 Å². The Labute approximate surface area is 55.6 Å². The van der Waals surface area contributed by atoms with Gasteiger partial charge >= 0.3 is 0 Å². The maximum absolute atomic E-state index is 9.35. The Kier molecular flexibility index (Phi) is 3.04. The molecule has 0 saturated heterocycles. The summed E-state index contributed by atoms with van der Waals surface area (Å²) < 4.78 is 0. The van der Waals surface area contributed by atoms with Crippen molar-refractivity contribution in [2.45, 2.75) is 0 Å². The lowest BCUT2D eigenvalue weighted by atomic mass is 11.0. The molecule has 0 unspecified atom stereocenters. The Morgan fingerprint density at radius 3 is 2.30 bits per heavy atom. The van der Waals surface area contributed by atoms with Crippen LogP contribution < -0.4 is 17.5 Å². The minimum atomic E-state index is -0.611. The molecule has 0 aromatic rings. The van der Waals surface area contributed by atoms with Gasteiger partial charge in [0.15, 0.2) is 5.34 Å². The van der Waals surface area contributed by atoms with Crippen molar-refractivity contribution in [2.24, 2.45) is 22.9 Å². The van der Waals surface area contributed by atoms with Crippen LogP contribution in [0.5, 0.6) is 0 Å². The van der Waals surface area contributed by atoms with Gasteiger partial charge in [-0.25, -0.2) is 27.6 Å². The summed E-state index contributed by atoms with van der Waals surface area (Å²) in [5.74, 6) is 13.8. The second-order valence-corrected chi connectivity index (χ2v) is 1.21. The topological polar surface area (TPSA) is 147 Å². The predicted octanol–water partition coefficient (Wildman–Crippen LogP) is -2.24. The highest BCUT2D eigenvalue weighted by molar-refractivity contribution is 5.73. The largest absolute Gasteiger partial charge is 0.277 e. The summed E-state index contributed by atoms with van der Waals surface area (Å²) in [6.45, 7) is 0. The molecule has 0 saturated carbocycles. The van der Waals surface area contributed by atoms with Crippen LogP contribution in [0.4, 0.5) is 0 Å². The van der Waals surface area contributed by atoms with Crippen molar-refractivity contribution in [3.63, 3.8) is 0 Å². The first-order valence-electron chi connectivity index (χ1n) is 2.02. The van der Waals surface area contributed by atoms with Gasteiger partial charge in [-0.05, 0) is 0 Å². The molecule has 0 aromatic heterocycles. The van der Waals surface area contributed by atoms with E-state index >= 15 is 0 Å². The van der Waals surface area contributed by atoms with E-state index < -0.39 is 5.96 Å². The van der Waals surface area contributed by atoms with Gasteiger partial charge in [-0.2, -0.15) is 0 Å². The number of nitrogens with zero attached hydrogens (tertiary/aromatic N) is 3. The zero-order valence-electron chi connectivity index (χ0n) is 4.89. The lowest BCUT2D eigenvalue weighted by molar-refractivity contribution is -0.113. The molecule has 10 heavy (non-hydrogen) atoms. The first kappa shape index (κ1) is 8.55. The van der Waals surface area contributed by atoms with E-state index in [4.69, 9.17) is 22.9 Å². The van der Waals surface area contributed by atoms with Gasteiger partial charge in [0.05, 0.1) is 0 Å². The van der Waals surface area contributed by atoms with E-state index in [2.05, 4.69) is 4.94 Å². The first-order chi connectivity index (χ1) is 4.59. The average molecular weight is 149 g/mol. The van der Waals surface area contributed by atoms with Crippen LogP contribution >= 0.6 is 0 Å². The molecule has 0 spiro atoms. The minimum Gasteiger partial charge on any atom is -0.263 e. The molecule has 58 valence electrons. The lowest BCUT2D eigenvalue weighted by Gasteiger charge is -2.17. The molecule has 0 aliphatic heterocycles. The summed E-state index contributed by atoms with van der Waals surface area (Å²) >= 11 is 0. The molecule has 9 heteroatoms. The second kappa shape index (κ2) is 3.55. The molecule has 0 rings (SSSR count). The molecule has 9 nitrogen and oxygen atoms in total. The van der Waals surface area contributed by atoms with Gasteiger partial charge in [0, 0.05) is 0 Å². The fraction of sp³-hybridized carbons (Fsp3) is 0. The number of hydrazine groups is 3. The normalized spacial score (nSPS) is 8.30. The number of hydrogen-bond donors (Lipinski definition) is 4. The SMILES string of the molecule is N=C(N(N)N)N(N)ON=O. The number of hydroxylamine groups is 1. The van der Waals surface area contributed by atoms with Crippen molar-refractivity contribution in [2.75, 3.05) is 0 Å². The molecule has 0 aliphatic rings. The van der Waals surface area contributed by atoms with Crippen LogP contribution in [0.1, 0.15) is 0 Å². The van der Waals surface area contributed by atoms with Crippen molar-refractivity contribution in [3.05, 3.63) is 4.91 Å². The molecular formula is CH7N7O2. The summed E-state index contributed by atoms with van der Waals surface area (Å²) in [6, 6.07) is 0. The number of nitrogens with two attached hydrogens (primary N) is 3. The number of nitrogens with one attached hydrogen (secondary N) is 1. The van der Waals surface area contributed by atoms with Crippen LogP contribution in [0.2, 0.25) is 0 Å². The highest BCUT2D eigenvalue weighted by atomic mass is 16.9. The highest BCUT2D eigenvalue weighted by Crippen LogP contribution is 1.82. The van der Waals surface area contributed by atoms with E-state index in [9.17, 15) is 4.91 Å². The van der Waals surface area contributed by atoms with Crippen molar-refractivity contribution >= 4 is 5.96 Å².